The number of amides is 1. The van der Waals surface area contributed by atoms with E-state index >= 15 is 0 Å². The molecule has 1 heterocycles. The normalized spacial score (nSPS) is 30.6. The van der Waals surface area contributed by atoms with Crippen LogP contribution in [0.1, 0.15) is 39.0 Å². The van der Waals surface area contributed by atoms with Crippen LogP contribution in [0.2, 0.25) is 12.1 Å². The maximum atomic E-state index is 12.2. The average Bonchev–Trinajstić information content (AvgIpc) is 2.32. The van der Waals surface area contributed by atoms with Crippen LogP contribution < -0.4 is 5.73 Å². The molecule has 3 nitrogen and oxygen atoms in total. The number of carbonyl (C=O) groups excluding carboxylic acids is 1. The zero-order valence-corrected chi connectivity index (χ0v) is 13.3. The fourth-order valence-corrected chi connectivity index (χ4v) is 3.02. The highest BCUT2D eigenvalue weighted by Gasteiger charge is 2.26. The first kappa shape index (κ1) is 19.1. The van der Waals surface area contributed by atoms with E-state index in [0.29, 0.717) is 23.7 Å². The van der Waals surface area contributed by atoms with Crippen LogP contribution >= 0.6 is 24.8 Å². The third-order valence-corrected chi connectivity index (χ3v) is 4.18. The van der Waals surface area contributed by atoms with Crippen LogP contribution in [-0.2, 0) is 4.79 Å². The van der Waals surface area contributed by atoms with E-state index in [1.807, 2.05) is 0 Å². The van der Waals surface area contributed by atoms with Gasteiger partial charge in [0.05, 0.1) is 0 Å². The minimum absolute atomic E-state index is 0. The first-order valence-corrected chi connectivity index (χ1v) is 7.02. The summed E-state index contributed by atoms with van der Waals surface area (Å²) in [5, 5.41) is 0. The molecule has 19 heavy (non-hydrogen) atoms. The van der Waals surface area contributed by atoms with Crippen LogP contribution in [0, 0.1) is 5.92 Å². The second-order valence-corrected chi connectivity index (χ2v) is 5.83. The lowest BCUT2D eigenvalue weighted by Gasteiger charge is -2.33. The summed E-state index contributed by atoms with van der Waals surface area (Å²) in [6, 6.07) is 0.381. The Morgan fingerprint density at radius 3 is 2.47 bits per heavy atom. The lowest BCUT2D eigenvalue weighted by atomic mass is 9.60. The Bertz CT molecular complexity index is 273. The Morgan fingerprint density at radius 2 is 1.89 bits per heavy atom. The average molecular weight is 308 g/mol. The van der Waals surface area contributed by atoms with Gasteiger partial charge in [-0.2, -0.15) is 0 Å². The van der Waals surface area contributed by atoms with E-state index in [0.717, 1.165) is 51.5 Å². The van der Waals surface area contributed by atoms with Crippen molar-refractivity contribution in [2.75, 3.05) is 13.1 Å². The van der Waals surface area contributed by atoms with Crippen LogP contribution in [0.5, 0.6) is 0 Å². The van der Waals surface area contributed by atoms with Gasteiger partial charge >= 0.3 is 0 Å². The fraction of sp³-hybridized carbons (Fsp3) is 0.923. The van der Waals surface area contributed by atoms with Crippen molar-refractivity contribution < 1.29 is 4.79 Å². The molecule has 0 aromatic rings. The lowest BCUT2D eigenvalue weighted by molar-refractivity contribution is -0.132. The Hall–Kier alpha value is 0.0749. The van der Waals surface area contributed by atoms with E-state index in [1.165, 1.54) is 0 Å². The predicted octanol–water partition coefficient (Wildman–Crippen LogP) is 2.51. The molecule has 2 rings (SSSR count). The van der Waals surface area contributed by atoms with E-state index in [1.54, 1.807) is 0 Å². The molecule has 1 saturated heterocycles. The Balaban J connectivity index is 0.00000162. The van der Waals surface area contributed by atoms with Crippen molar-refractivity contribution in [3.05, 3.63) is 0 Å². The molecular formula is C13H26BCl2N2O. The molecule has 0 aromatic carbocycles. The van der Waals surface area contributed by atoms with E-state index in [9.17, 15) is 4.79 Å². The minimum Gasteiger partial charge on any atom is -0.344 e. The summed E-state index contributed by atoms with van der Waals surface area (Å²) in [5.41, 5.74) is 5.89. The Morgan fingerprint density at radius 1 is 1.26 bits per heavy atom. The van der Waals surface area contributed by atoms with E-state index in [-0.39, 0.29) is 24.8 Å². The Kier molecular flexibility index (Phi) is 9.13. The first-order chi connectivity index (χ1) is 8.15. The van der Waals surface area contributed by atoms with Crippen molar-refractivity contribution >= 4 is 38.0 Å². The maximum Gasteiger partial charge on any atom is 0.222 e. The highest BCUT2D eigenvalue weighted by Crippen LogP contribution is 2.27. The number of rotatable bonds is 2. The number of carbonyl (C=O) groups is 1. The maximum absolute atomic E-state index is 12.2. The van der Waals surface area contributed by atoms with Gasteiger partial charge in [0.15, 0.2) is 0 Å². The van der Waals surface area contributed by atoms with E-state index in [4.69, 9.17) is 5.73 Å². The molecule has 1 amide bonds. The van der Waals surface area contributed by atoms with E-state index < -0.39 is 0 Å². The summed E-state index contributed by atoms with van der Waals surface area (Å²) in [6.45, 7) is 4.04. The monoisotopic (exact) mass is 307 g/mol. The minimum atomic E-state index is 0. The van der Waals surface area contributed by atoms with Gasteiger partial charge in [-0.3, -0.25) is 4.79 Å². The molecule has 0 aromatic heterocycles. The van der Waals surface area contributed by atoms with Crippen molar-refractivity contribution in [2.45, 2.75) is 57.2 Å². The summed E-state index contributed by atoms with van der Waals surface area (Å²) in [5.74, 6) is 1.52. The molecule has 2 fully saturated rings. The van der Waals surface area contributed by atoms with Gasteiger partial charge in [-0.05, 0) is 31.6 Å². The second-order valence-electron chi connectivity index (χ2n) is 5.83. The highest BCUT2D eigenvalue weighted by molar-refractivity contribution is 6.38. The van der Waals surface area contributed by atoms with Crippen molar-refractivity contribution in [3.8, 4) is 0 Å². The summed E-state index contributed by atoms with van der Waals surface area (Å²) >= 11 is 0. The van der Waals surface area contributed by atoms with E-state index in [2.05, 4.69) is 19.1 Å². The first-order valence-electron chi connectivity index (χ1n) is 7.02. The van der Waals surface area contributed by atoms with Gasteiger partial charge in [0.2, 0.25) is 5.91 Å². The van der Waals surface area contributed by atoms with Crippen LogP contribution in [0.15, 0.2) is 0 Å². The largest absolute Gasteiger partial charge is 0.344 e. The summed E-state index contributed by atoms with van der Waals surface area (Å²) in [4.78, 5) is 14.2. The van der Waals surface area contributed by atoms with Crippen molar-refractivity contribution in [3.63, 3.8) is 0 Å². The van der Waals surface area contributed by atoms with Gasteiger partial charge in [0, 0.05) is 25.6 Å². The molecule has 2 N–H and O–H groups in total. The smallest absolute Gasteiger partial charge is 0.222 e. The standard InChI is InChI=1S/C13H24BN2O.2ClH/c1-10-9-16(7-6-14-10)13(17)8-11-2-4-12(15)5-3-11;;/h10-12H,2-9,15H2,1H3;2*1H/t10-,11?,12?;;/m0../s1. The fourth-order valence-electron chi connectivity index (χ4n) is 3.02. The Labute approximate surface area is 130 Å². The molecule has 0 spiro atoms. The molecule has 1 aliphatic carbocycles. The SMILES string of the molecule is C[C@@H]1[B]CCN(C(=O)CC2CCC(N)CC2)C1.Cl.Cl. The number of halogens is 2. The van der Waals surface area contributed by atoms with Gasteiger partial charge in [-0.25, -0.2) is 0 Å². The third-order valence-electron chi connectivity index (χ3n) is 4.18. The zero-order valence-electron chi connectivity index (χ0n) is 11.7. The number of hydrogen-bond acceptors (Lipinski definition) is 2. The molecule has 0 bridgehead atoms. The topological polar surface area (TPSA) is 46.3 Å². The molecule has 0 unspecified atom stereocenters. The van der Waals surface area contributed by atoms with Gasteiger partial charge in [-0.1, -0.05) is 19.1 Å². The molecule has 1 radical (unpaired) electrons. The van der Waals surface area contributed by atoms with Crippen molar-refractivity contribution in [1.29, 1.82) is 0 Å². The van der Waals surface area contributed by atoms with Crippen LogP contribution in [0.3, 0.4) is 0 Å². The quantitative estimate of drug-likeness (QED) is 0.797. The summed E-state index contributed by atoms with van der Waals surface area (Å²) in [6.07, 6.45) is 6.29. The van der Waals surface area contributed by atoms with Gasteiger partial charge < -0.3 is 10.6 Å². The number of nitrogens with zero attached hydrogens (tertiary/aromatic N) is 1. The molecule has 2 aliphatic rings. The van der Waals surface area contributed by atoms with Crippen molar-refractivity contribution in [2.24, 2.45) is 11.7 Å². The number of nitrogens with two attached hydrogens (primary N) is 1. The van der Waals surface area contributed by atoms with Crippen molar-refractivity contribution in [1.82, 2.24) is 4.90 Å². The number of hydrogen-bond donors (Lipinski definition) is 1. The second kappa shape index (κ2) is 9.09. The molecule has 111 valence electrons. The van der Waals surface area contributed by atoms with Crippen LogP contribution in [0.4, 0.5) is 0 Å². The molecular weight excluding hydrogens is 282 g/mol. The van der Waals surface area contributed by atoms with Gasteiger partial charge in [-0.15, -0.1) is 24.8 Å². The van der Waals surface area contributed by atoms with Gasteiger partial charge in [0.1, 0.15) is 7.28 Å². The van der Waals surface area contributed by atoms with Crippen LogP contribution in [-0.4, -0.2) is 37.2 Å². The highest BCUT2D eigenvalue weighted by atomic mass is 35.5. The van der Waals surface area contributed by atoms with Crippen LogP contribution in [0.25, 0.3) is 0 Å². The predicted molar refractivity (Wildman–Crippen MR) is 85.6 cm³/mol. The third kappa shape index (κ3) is 5.93. The molecule has 1 saturated carbocycles. The molecule has 1 aliphatic heterocycles. The molecule has 6 heteroatoms. The molecule has 1 atom stereocenters. The summed E-state index contributed by atoms with van der Waals surface area (Å²) in [7, 11) is 2.32. The zero-order chi connectivity index (χ0) is 12.3. The lowest BCUT2D eigenvalue weighted by Crippen LogP contribution is -2.40. The van der Waals surface area contributed by atoms with Gasteiger partial charge in [0.25, 0.3) is 0 Å². The summed E-state index contributed by atoms with van der Waals surface area (Å²) < 4.78 is 0.